The number of cyclic esters (lactones) is 1. The molecule has 172 valence electrons. The molecular weight excluding hydrogens is 392 g/mol. The molecule has 1 aromatic carbocycles. The molecule has 5 heteroatoms. The van der Waals surface area contributed by atoms with Gasteiger partial charge in [-0.05, 0) is 31.2 Å². The van der Waals surface area contributed by atoms with Gasteiger partial charge in [0.05, 0.1) is 0 Å². The molecule has 0 bridgehead atoms. The Morgan fingerprint density at radius 2 is 1.65 bits per heavy atom. The SMILES string of the molecule is CCCCCCCCCCCC(=O)OC(CCCc1ccccc1)C1=CC(=O)OC1O. The maximum atomic E-state index is 12.4. The lowest BCUT2D eigenvalue weighted by Crippen LogP contribution is -2.26. The zero-order valence-electron chi connectivity index (χ0n) is 18.9. The van der Waals surface area contributed by atoms with Crippen LogP contribution in [0.3, 0.4) is 0 Å². The largest absolute Gasteiger partial charge is 0.458 e. The summed E-state index contributed by atoms with van der Waals surface area (Å²) in [5.41, 5.74) is 1.55. The first-order chi connectivity index (χ1) is 15.1. The third-order valence-corrected chi connectivity index (χ3v) is 5.70. The Hall–Kier alpha value is -2.14. The van der Waals surface area contributed by atoms with E-state index in [0.29, 0.717) is 18.4 Å². The van der Waals surface area contributed by atoms with Gasteiger partial charge >= 0.3 is 11.9 Å². The summed E-state index contributed by atoms with van der Waals surface area (Å²) >= 11 is 0. The van der Waals surface area contributed by atoms with Crippen LogP contribution in [0.25, 0.3) is 0 Å². The third kappa shape index (κ3) is 10.1. The second-order valence-corrected chi connectivity index (χ2v) is 8.37. The van der Waals surface area contributed by atoms with Crippen molar-refractivity contribution in [2.45, 2.75) is 103 Å². The van der Waals surface area contributed by atoms with Gasteiger partial charge in [-0.15, -0.1) is 0 Å². The molecule has 1 N–H and O–H groups in total. The molecule has 0 spiro atoms. The van der Waals surface area contributed by atoms with Crippen LogP contribution >= 0.6 is 0 Å². The molecule has 1 aromatic rings. The summed E-state index contributed by atoms with van der Waals surface area (Å²) in [6.45, 7) is 2.22. The minimum absolute atomic E-state index is 0.278. The van der Waals surface area contributed by atoms with Gasteiger partial charge < -0.3 is 14.6 Å². The molecule has 31 heavy (non-hydrogen) atoms. The minimum atomic E-state index is -1.32. The molecule has 5 nitrogen and oxygen atoms in total. The Morgan fingerprint density at radius 1 is 1.00 bits per heavy atom. The zero-order valence-corrected chi connectivity index (χ0v) is 18.9. The van der Waals surface area contributed by atoms with Crippen LogP contribution < -0.4 is 0 Å². The molecule has 0 saturated carbocycles. The quantitative estimate of drug-likeness (QED) is 0.271. The number of aliphatic hydroxyl groups is 1. The summed E-state index contributed by atoms with van der Waals surface area (Å²) in [5.74, 6) is -0.870. The van der Waals surface area contributed by atoms with Crippen LogP contribution in [0.4, 0.5) is 0 Å². The topological polar surface area (TPSA) is 72.8 Å². The lowest BCUT2D eigenvalue weighted by Gasteiger charge is -2.20. The molecule has 0 aliphatic carbocycles. The molecule has 1 aliphatic rings. The molecule has 1 aliphatic heterocycles. The molecule has 2 atom stereocenters. The monoisotopic (exact) mass is 430 g/mol. The number of rotatable bonds is 16. The van der Waals surface area contributed by atoms with Crippen LogP contribution in [0.5, 0.6) is 0 Å². The first-order valence-electron chi connectivity index (χ1n) is 11.9. The van der Waals surface area contributed by atoms with Crippen LogP contribution in [0, 0.1) is 0 Å². The highest BCUT2D eigenvalue weighted by Gasteiger charge is 2.32. The van der Waals surface area contributed by atoms with Gasteiger partial charge in [-0.2, -0.15) is 0 Å². The number of carbonyl (C=O) groups excluding carboxylic acids is 2. The summed E-state index contributed by atoms with van der Waals surface area (Å²) < 4.78 is 10.5. The maximum absolute atomic E-state index is 12.4. The smallest absolute Gasteiger partial charge is 0.333 e. The van der Waals surface area contributed by atoms with E-state index in [2.05, 4.69) is 19.1 Å². The molecule has 1 heterocycles. The third-order valence-electron chi connectivity index (χ3n) is 5.70. The van der Waals surface area contributed by atoms with Gasteiger partial charge in [0.1, 0.15) is 6.10 Å². The second-order valence-electron chi connectivity index (χ2n) is 8.37. The molecule has 0 saturated heterocycles. The normalized spacial score (nSPS) is 16.6. The Bertz CT molecular complexity index is 682. The molecule has 2 rings (SSSR count). The maximum Gasteiger partial charge on any atom is 0.333 e. The van der Waals surface area contributed by atoms with Gasteiger partial charge in [-0.1, -0.05) is 88.6 Å². The van der Waals surface area contributed by atoms with Crippen LogP contribution in [0.1, 0.15) is 89.5 Å². The lowest BCUT2D eigenvalue weighted by molar-refractivity contribution is -0.154. The Balaban J connectivity index is 1.72. The number of aryl methyl sites for hydroxylation is 1. The number of hydrogen-bond acceptors (Lipinski definition) is 5. The van der Waals surface area contributed by atoms with Crippen molar-refractivity contribution in [1.82, 2.24) is 0 Å². The fourth-order valence-corrected chi connectivity index (χ4v) is 3.90. The number of esters is 2. The number of carbonyl (C=O) groups is 2. The first kappa shape index (κ1) is 25.1. The first-order valence-corrected chi connectivity index (χ1v) is 11.9. The zero-order chi connectivity index (χ0) is 22.3. The number of ether oxygens (including phenoxy) is 2. The predicted octanol–water partition coefficient (Wildman–Crippen LogP) is 5.64. The highest BCUT2D eigenvalue weighted by Crippen LogP contribution is 2.24. The number of benzene rings is 1. The van der Waals surface area contributed by atoms with Gasteiger partial charge in [-0.25, -0.2) is 4.79 Å². The van der Waals surface area contributed by atoms with Gasteiger partial charge in [0.15, 0.2) is 0 Å². The Kier molecular flexibility index (Phi) is 12.0. The summed E-state index contributed by atoms with van der Waals surface area (Å²) in [6.07, 6.45) is 12.5. The summed E-state index contributed by atoms with van der Waals surface area (Å²) in [6, 6.07) is 10.1. The average Bonchev–Trinajstić information content (AvgIpc) is 3.10. The molecule has 0 aromatic heterocycles. The van der Waals surface area contributed by atoms with Gasteiger partial charge in [-0.3, -0.25) is 4.79 Å². The summed E-state index contributed by atoms with van der Waals surface area (Å²) in [7, 11) is 0. The van der Waals surface area contributed by atoms with E-state index in [-0.39, 0.29) is 5.97 Å². The van der Waals surface area contributed by atoms with Crippen molar-refractivity contribution in [2.24, 2.45) is 0 Å². The van der Waals surface area contributed by atoms with Crippen LogP contribution in [-0.2, 0) is 25.5 Å². The fraction of sp³-hybridized carbons (Fsp3) is 0.615. The summed E-state index contributed by atoms with van der Waals surface area (Å²) in [5, 5.41) is 10.0. The molecule has 0 amide bonds. The van der Waals surface area contributed by atoms with Crippen molar-refractivity contribution in [3.63, 3.8) is 0 Å². The highest BCUT2D eigenvalue weighted by molar-refractivity contribution is 5.86. The average molecular weight is 431 g/mol. The van der Waals surface area contributed by atoms with Crippen molar-refractivity contribution >= 4 is 11.9 Å². The van der Waals surface area contributed by atoms with E-state index in [9.17, 15) is 14.7 Å². The van der Waals surface area contributed by atoms with E-state index in [1.165, 1.54) is 50.2 Å². The number of hydrogen-bond donors (Lipinski definition) is 1. The molecule has 0 fully saturated rings. The molecule has 2 unspecified atom stereocenters. The minimum Gasteiger partial charge on any atom is -0.458 e. The summed E-state index contributed by atoms with van der Waals surface area (Å²) in [4.78, 5) is 23.9. The van der Waals surface area contributed by atoms with E-state index in [4.69, 9.17) is 9.47 Å². The molecular formula is C26H38O5. The van der Waals surface area contributed by atoms with Crippen molar-refractivity contribution in [3.05, 3.63) is 47.5 Å². The Labute approximate surface area is 186 Å². The van der Waals surface area contributed by atoms with Crippen molar-refractivity contribution in [2.75, 3.05) is 0 Å². The van der Waals surface area contributed by atoms with Crippen LogP contribution in [-0.4, -0.2) is 29.4 Å². The predicted molar refractivity (Wildman–Crippen MR) is 121 cm³/mol. The van der Waals surface area contributed by atoms with Crippen molar-refractivity contribution < 1.29 is 24.2 Å². The van der Waals surface area contributed by atoms with E-state index >= 15 is 0 Å². The van der Waals surface area contributed by atoms with E-state index in [1.807, 2.05) is 18.2 Å². The van der Waals surface area contributed by atoms with Gasteiger partial charge in [0.25, 0.3) is 0 Å². The number of unbranched alkanes of at least 4 members (excludes halogenated alkanes) is 8. The second kappa shape index (κ2) is 14.8. The van der Waals surface area contributed by atoms with E-state index in [0.717, 1.165) is 32.1 Å². The van der Waals surface area contributed by atoms with Gasteiger partial charge in [0, 0.05) is 18.1 Å². The molecule has 0 radical (unpaired) electrons. The van der Waals surface area contributed by atoms with Gasteiger partial charge in [0.2, 0.25) is 6.29 Å². The van der Waals surface area contributed by atoms with E-state index in [1.54, 1.807) is 0 Å². The highest BCUT2D eigenvalue weighted by atomic mass is 16.6. The lowest BCUT2D eigenvalue weighted by atomic mass is 10.0. The van der Waals surface area contributed by atoms with Crippen molar-refractivity contribution in [1.29, 1.82) is 0 Å². The van der Waals surface area contributed by atoms with Crippen LogP contribution in [0.15, 0.2) is 42.0 Å². The standard InChI is InChI=1S/C26H38O5/c1-2-3-4-5-6-7-8-9-13-19-24(27)30-23(22-20-25(28)31-26(22)29)18-14-17-21-15-11-10-12-16-21/h10-12,15-16,20,23,26,29H,2-9,13-14,17-19H2,1H3. The fourth-order valence-electron chi connectivity index (χ4n) is 3.90. The van der Waals surface area contributed by atoms with E-state index < -0.39 is 18.4 Å². The Morgan fingerprint density at radius 3 is 2.26 bits per heavy atom. The van der Waals surface area contributed by atoms with Crippen molar-refractivity contribution in [3.8, 4) is 0 Å². The van der Waals surface area contributed by atoms with Crippen LogP contribution in [0.2, 0.25) is 0 Å². The number of aliphatic hydroxyl groups excluding tert-OH is 1.